The first-order chi connectivity index (χ1) is 8.66. The van der Waals surface area contributed by atoms with E-state index in [1.54, 1.807) is 0 Å². The van der Waals surface area contributed by atoms with Gasteiger partial charge in [0.2, 0.25) is 5.91 Å². The number of anilines is 1. The van der Waals surface area contributed by atoms with Crippen molar-refractivity contribution < 1.29 is 4.79 Å². The van der Waals surface area contributed by atoms with Gasteiger partial charge < -0.3 is 10.6 Å². The number of hydrogen-bond acceptors (Lipinski definition) is 2. The summed E-state index contributed by atoms with van der Waals surface area (Å²) in [5.74, 6) is 0.778. The summed E-state index contributed by atoms with van der Waals surface area (Å²) in [6.45, 7) is 6.17. The van der Waals surface area contributed by atoms with Crippen molar-refractivity contribution in [2.75, 3.05) is 18.4 Å². The topological polar surface area (TPSA) is 41.1 Å². The maximum Gasteiger partial charge on any atom is 0.228 e. The zero-order valence-electron chi connectivity index (χ0n) is 11.6. The molecule has 1 aromatic carbocycles. The molecule has 0 aliphatic carbocycles. The van der Waals surface area contributed by atoms with E-state index in [4.69, 9.17) is 0 Å². The van der Waals surface area contributed by atoms with Gasteiger partial charge in [0.1, 0.15) is 0 Å². The quantitative estimate of drug-likeness (QED) is 0.894. The molecule has 4 heteroatoms. The zero-order valence-corrected chi connectivity index (χ0v) is 12.4. The fraction of sp³-hybridized carbons (Fsp3) is 0.533. The second-order valence-corrected chi connectivity index (χ2v) is 5.31. The van der Waals surface area contributed by atoms with Crippen LogP contribution in [0.2, 0.25) is 0 Å². The predicted molar refractivity (Wildman–Crippen MR) is 82.0 cm³/mol. The highest BCUT2D eigenvalue weighted by Gasteiger charge is 2.20. The van der Waals surface area contributed by atoms with Crippen LogP contribution in [-0.4, -0.2) is 19.0 Å². The number of nitrogens with one attached hydrogen (secondary N) is 2. The second kappa shape index (κ2) is 7.51. The fourth-order valence-corrected chi connectivity index (χ4v) is 2.27. The lowest BCUT2D eigenvalue weighted by molar-refractivity contribution is -0.120. The number of benzene rings is 1. The third kappa shape index (κ3) is 4.51. The van der Waals surface area contributed by atoms with Gasteiger partial charge in [-0.05, 0) is 43.0 Å². The normalized spacial score (nSPS) is 18.8. The van der Waals surface area contributed by atoms with Crippen molar-refractivity contribution in [3.05, 3.63) is 29.8 Å². The summed E-state index contributed by atoms with van der Waals surface area (Å²) in [7, 11) is 0. The van der Waals surface area contributed by atoms with Crippen molar-refractivity contribution in [3.63, 3.8) is 0 Å². The minimum atomic E-state index is 0. The first-order valence-electron chi connectivity index (χ1n) is 6.78. The third-order valence-corrected chi connectivity index (χ3v) is 3.51. The summed E-state index contributed by atoms with van der Waals surface area (Å²) in [6, 6.07) is 8.14. The Bertz CT molecular complexity index is 397. The van der Waals surface area contributed by atoms with Gasteiger partial charge in [-0.1, -0.05) is 26.0 Å². The molecule has 1 aliphatic heterocycles. The number of rotatable bonds is 3. The predicted octanol–water partition coefficient (Wildman–Crippen LogP) is 3.17. The van der Waals surface area contributed by atoms with Gasteiger partial charge in [-0.15, -0.1) is 12.4 Å². The molecular formula is C15H23ClN2O. The van der Waals surface area contributed by atoms with E-state index in [2.05, 4.69) is 36.6 Å². The lowest BCUT2D eigenvalue weighted by Crippen LogP contribution is -2.37. The second-order valence-electron chi connectivity index (χ2n) is 5.31. The Morgan fingerprint density at radius 3 is 2.53 bits per heavy atom. The molecule has 2 rings (SSSR count). The Morgan fingerprint density at radius 1 is 1.32 bits per heavy atom. The van der Waals surface area contributed by atoms with E-state index in [0.717, 1.165) is 31.6 Å². The molecule has 1 fully saturated rings. The van der Waals surface area contributed by atoms with Crippen molar-refractivity contribution in [1.82, 2.24) is 5.32 Å². The average molecular weight is 283 g/mol. The van der Waals surface area contributed by atoms with Crippen molar-refractivity contribution in [3.8, 4) is 0 Å². The van der Waals surface area contributed by atoms with Gasteiger partial charge in [-0.3, -0.25) is 4.79 Å². The van der Waals surface area contributed by atoms with Crippen molar-refractivity contribution >= 4 is 24.0 Å². The minimum absolute atomic E-state index is 0. The zero-order chi connectivity index (χ0) is 13.0. The van der Waals surface area contributed by atoms with E-state index in [9.17, 15) is 4.79 Å². The molecule has 1 saturated heterocycles. The van der Waals surface area contributed by atoms with Gasteiger partial charge in [-0.2, -0.15) is 0 Å². The van der Waals surface area contributed by atoms with E-state index in [-0.39, 0.29) is 24.2 Å². The Kier molecular flexibility index (Phi) is 6.32. The number of piperidine rings is 1. The summed E-state index contributed by atoms with van der Waals surface area (Å²) in [4.78, 5) is 12.0. The first-order valence-corrected chi connectivity index (χ1v) is 6.78. The molecule has 19 heavy (non-hydrogen) atoms. The van der Waals surface area contributed by atoms with Crippen LogP contribution in [0.4, 0.5) is 5.69 Å². The summed E-state index contributed by atoms with van der Waals surface area (Å²) < 4.78 is 0. The fourth-order valence-electron chi connectivity index (χ4n) is 2.27. The maximum absolute atomic E-state index is 12.0. The molecule has 0 bridgehead atoms. The van der Waals surface area contributed by atoms with Crippen LogP contribution in [-0.2, 0) is 4.79 Å². The van der Waals surface area contributed by atoms with Gasteiger partial charge in [0, 0.05) is 12.2 Å². The molecule has 0 saturated carbocycles. The van der Waals surface area contributed by atoms with E-state index < -0.39 is 0 Å². The van der Waals surface area contributed by atoms with Crippen LogP contribution in [0.25, 0.3) is 0 Å². The van der Waals surface area contributed by atoms with Crippen LogP contribution < -0.4 is 10.6 Å². The first kappa shape index (κ1) is 16.0. The van der Waals surface area contributed by atoms with E-state index in [1.165, 1.54) is 5.56 Å². The summed E-state index contributed by atoms with van der Waals surface area (Å²) in [5.41, 5.74) is 2.20. The van der Waals surface area contributed by atoms with E-state index in [1.807, 2.05) is 12.1 Å². The van der Waals surface area contributed by atoms with Gasteiger partial charge in [0.05, 0.1) is 5.92 Å². The van der Waals surface area contributed by atoms with Gasteiger partial charge in [-0.25, -0.2) is 0 Å². The minimum Gasteiger partial charge on any atom is -0.326 e. The maximum atomic E-state index is 12.0. The average Bonchev–Trinajstić information content (AvgIpc) is 2.40. The molecule has 1 aliphatic rings. The van der Waals surface area contributed by atoms with Crippen LogP contribution in [0, 0.1) is 5.92 Å². The molecule has 0 radical (unpaired) electrons. The molecule has 1 heterocycles. The number of amides is 1. The van der Waals surface area contributed by atoms with Gasteiger partial charge in [0.15, 0.2) is 0 Å². The van der Waals surface area contributed by atoms with Crippen LogP contribution >= 0.6 is 12.4 Å². The Morgan fingerprint density at radius 2 is 2.00 bits per heavy atom. The SMILES string of the molecule is CC(C)c1ccc(NC(=O)[C@@H]2CCCNC2)cc1.Cl. The number of carbonyl (C=O) groups is 1. The summed E-state index contributed by atoms with van der Waals surface area (Å²) >= 11 is 0. The molecular weight excluding hydrogens is 260 g/mol. The molecule has 106 valence electrons. The van der Waals surface area contributed by atoms with Crippen molar-refractivity contribution in [2.45, 2.75) is 32.6 Å². The monoisotopic (exact) mass is 282 g/mol. The third-order valence-electron chi connectivity index (χ3n) is 3.51. The molecule has 0 aromatic heterocycles. The number of hydrogen-bond donors (Lipinski definition) is 2. The molecule has 3 nitrogen and oxygen atoms in total. The highest BCUT2D eigenvalue weighted by molar-refractivity contribution is 5.92. The van der Waals surface area contributed by atoms with Crippen molar-refractivity contribution in [2.24, 2.45) is 5.92 Å². The van der Waals surface area contributed by atoms with Crippen LogP contribution in [0.3, 0.4) is 0 Å². The highest BCUT2D eigenvalue weighted by atomic mass is 35.5. The van der Waals surface area contributed by atoms with Crippen LogP contribution in [0.15, 0.2) is 24.3 Å². The van der Waals surface area contributed by atoms with Crippen LogP contribution in [0.1, 0.15) is 38.2 Å². The summed E-state index contributed by atoms with van der Waals surface area (Å²) in [5, 5.41) is 6.26. The highest BCUT2D eigenvalue weighted by Crippen LogP contribution is 2.18. The number of carbonyl (C=O) groups excluding carboxylic acids is 1. The van der Waals surface area contributed by atoms with E-state index >= 15 is 0 Å². The molecule has 1 amide bonds. The molecule has 0 spiro atoms. The van der Waals surface area contributed by atoms with E-state index in [0.29, 0.717) is 5.92 Å². The standard InChI is InChI=1S/C15H22N2O.ClH/c1-11(2)12-5-7-14(8-6-12)17-15(18)13-4-3-9-16-10-13;/h5-8,11,13,16H,3-4,9-10H2,1-2H3,(H,17,18);1H/t13-;/m1./s1. The number of halogens is 1. The van der Waals surface area contributed by atoms with Crippen LogP contribution in [0.5, 0.6) is 0 Å². The molecule has 2 N–H and O–H groups in total. The molecule has 1 atom stereocenters. The van der Waals surface area contributed by atoms with Crippen molar-refractivity contribution in [1.29, 1.82) is 0 Å². The van der Waals surface area contributed by atoms with Gasteiger partial charge in [0.25, 0.3) is 0 Å². The lowest BCUT2D eigenvalue weighted by Gasteiger charge is -2.22. The summed E-state index contributed by atoms with van der Waals surface area (Å²) in [6.07, 6.45) is 2.08. The Balaban J connectivity index is 0.00000180. The van der Waals surface area contributed by atoms with Gasteiger partial charge >= 0.3 is 0 Å². The molecule has 1 aromatic rings. The Hall–Kier alpha value is -1.06. The smallest absolute Gasteiger partial charge is 0.228 e. The molecule has 0 unspecified atom stereocenters. The lowest BCUT2D eigenvalue weighted by atomic mass is 9.98. The largest absolute Gasteiger partial charge is 0.326 e. The Labute approximate surface area is 121 Å².